The van der Waals surface area contributed by atoms with E-state index in [1.165, 1.54) is 24.0 Å². The molecule has 128 valence electrons. The molecule has 25 heavy (non-hydrogen) atoms. The number of rotatable bonds is 3. The predicted octanol–water partition coefficient (Wildman–Crippen LogP) is 4.20. The molecule has 5 heteroatoms. The third-order valence-corrected chi connectivity index (χ3v) is 6.08. The van der Waals surface area contributed by atoms with Crippen LogP contribution in [0.5, 0.6) is 0 Å². The number of β-amino-alcohol motifs (C(OH)–C–C–N with tert-alkyl or cyclic N) is 1. The molecule has 0 amide bonds. The van der Waals surface area contributed by atoms with Gasteiger partial charge in [-0.15, -0.1) is 11.3 Å². The number of thiophene rings is 1. The molecule has 1 saturated heterocycles. The third kappa shape index (κ3) is 2.71. The number of hydrogen-bond acceptors (Lipinski definition) is 5. The molecule has 1 aliphatic heterocycles. The van der Waals surface area contributed by atoms with E-state index in [2.05, 4.69) is 34.5 Å². The SMILES string of the molecule is CC1(O)CCN(c2nc(C3CC3)nc3scc(-c4ccccc4)c23)C1. The Balaban J connectivity index is 1.71. The van der Waals surface area contributed by atoms with Crippen LogP contribution in [-0.2, 0) is 0 Å². The van der Waals surface area contributed by atoms with E-state index < -0.39 is 5.60 Å². The van der Waals surface area contributed by atoms with Gasteiger partial charge in [-0.1, -0.05) is 30.3 Å². The lowest BCUT2D eigenvalue weighted by molar-refractivity contribution is 0.0839. The Kier molecular flexibility index (Phi) is 3.37. The minimum absolute atomic E-state index is 0.522. The van der Waals surface area contributed by atoms with Crippen LogP contribution in [0.15, 0.2) is 35.7 Å². The van der Waals surface area contributed by atoms with E-state index in [4.69, 9.17) is 9.97 Å². The van der Waals surface area contributed by atoms with Crippen molar-refractivity contribution in [2.24, 2.45) is 0 Å². The van der Waals surface area contributed by atoms with Gasteiger partial charge in [0.2, 0.25) is 0 Å². The highest BCUT2D eigenvalue weighted by Crippen LogP contribution is 2.44. The minimum atomic E-state index is -0.639. The molecule has 0 spiro atoms. The molecular weight excluding hydrogens is 330 g/mol. The summed E-state index contributed by atoms with van der Waals surface area (Å²) in [4.78, 5) is 13.2. The van der Waals surface area contributed by atoms with Crippen molar-refractivity contribution in [1.82, 2.24) is 9.97 Å². The lowest BCUT2D eigenvalue weighted by Gasteiger charge is -2.21. The van der Waals surface area contributed by atoms with E-state index in [0.29, 0.717) is 12.5 Å². The first kappa shape index (κ1) is 15.3. The molecule has 1 aromatic carbocycles. The summed E-state index contributed by atoms with van der Waals surface area (Å²) in [5.74, 6) is 2.51. The molecule has 0 radical (unpaired) electrons. The van der Waals surface area contributed by atoms with Crippen molar-refractivity contribution in [3.63, 3.8) is 0 Å². The molecule has 1 N–H and O–H groups in total. The Morgan fingerprint density at radius 3 is 2.68 bits per heavy atom. The number of fused-ring (bicyclic) bond motifs is 1. The molecule has 2 aromatic heterocycles. The van der Waals surface area contributed by atoms with Crippen LogP contribution in [0.25, 0.3) is 21.3 Å². The monoisotopic (exact) mass is 351 g/mol. The van der Waals surface area contributed by atoms with Gasteiger partial charge in [-0.05, 0) is 31.7 Å². The first-order valence-corrected chi connectivity index (χ1v) is 9.81. The summed E-state index contributed by atoms with van der Waals surface area (Å²) in [5.41, 5.74) is 1.76. The van der Waals surface area contributed by atoms with Gasteiger partial charge in [0.1, 0.15) is 16.5 Å². The average Bonchev–Trinajstić information content (AvgIpc) is 3.28. The summed E-state index contributed by atoms with van der Waals surface area (Å²) in [6.45, 7) is 3.39. The topological polar surface area (TPSA) is 49.2 Å². The van der Waals surface area contributed by atoms with Crippen LogP contribution in [0.2, 0.25) is 0 Å². The van der Waals surface area contributed by atoms with E-state index >= 15 is 0 Å². The van der Waals surface area contributed by atoms with Crippen molar-refractivity contribution in [3.8, 4) is 11.1 Å². The molecule has 0 bridgehead atoms. The highest BCUT2D eigenvalue weighted by molar-refractivity contribution is 7.17. The fourth-order valence-corrected chi connectivity index (χ4v) is 4.60. The van der Waals surface area contributed by atoms with E-state index in [9.17, 15) is 5.11 Å². The maximum absolute atomic E-state index is 10.4. The number of anilines is 1. The molecule has 1 aliphatic carbocycles. The Morgan fingerprint density at radius 2 is 2.00 bits per heavy atom. The molecular formula is C20H21N3OS. The lowest BCUT2D eigenvalue weighted by atomic mass is 10.1. The highest BCUT2D eigenvalue weighted by atomic mass is 32.1. The van der Waals surface area contributed by atoms with Crippen LogP contribution < -0.4 is 4.90 Å². The van der Waals surface area contributed by atoms with Crippen LogP contribution in [0, 0.1) is 0 Å². The largest absolute Gasteiger partial charge is 0.388 e. The van der Waals surface area contributed by atoms with Gasteiger partial charge < -0.3 is 10.0 Å². The highest BCUT2D eigenvalue weighted by Gasteiger charge is 2.35. The van der Waals surface area contributed by atoms with Crippen molar-refractivity contribution in [3.05, 3.63) is 41.5 Å². The molecule has 3 aromatic rings. The van der Waals surface area contributed by atoms with E-state index in [1.807, 2.05) is 13.0 Å². The van der Waals surface area contributed by atoms with Crippen LogP contribution in [0.4, 0.5) is 5.82 Å². The molecule has 5 rings (SSSR count). The van der Waals surface area contributed by atoms with Gasteiger partial charge in [-0.2, -0.15) is 0 Å². The molecule has 4 nitrogen and oxygen atoms in total. The predicted molar refractivity (Wildman–Crippen MR) is 102 cm³/mol. The normalized spacial score (nSPS) is 23.5. The van der Waals surface area contributed by atoms with Crippen molar-refractivity contribution in [1.29, 1.82) is 0 Å². The molecule has 1 atom stereocenters. The zero-order chi connectivity index (χ0) is 17.0. The van der Waals surface area contributed by atoms with E-state index in [0.717, 1.165) is 34.8 Å². The second-order valence-corrected chi connectivity index (χ2v) is 8.40. The van der Waals surface area contributed by atoms with E-state index in [1.54, 1.807) is 11.3 Å². The van der Waals surface area contributed by atoms with Crippen LogP contribution in [-0.4, -0.2) is 33.8 Å². The maximum atomic E-state index is 10.4. The Bertz CT molecular complexity index is 931. The molecule has 2 fully saturated rings. The fourth-order valence-electron chi connectivity index (χ4n) is 3.65. The number of hydrogen-bond donors (Lipinski definition) is 1. The van der Waals surface area contributed by atoms with Gasteiger partial charge in [0.05, 0.1) is 11.0 Å². The van der Waals surface area contributed by atoms with Crippen LogP contribution in [0.1, 0.15) is 37.9 Å². The molecule has 3 heterocycles. The number of nitrogens with zero attached hydrogens (tertiary/aromatic N) is 3. The lowest BCUT2D eigenvalue weighted by Crippen LogP contribution is -2.30. The molecule has 2 aliphatic rings. The zero-order valence-corrected chi connectivity index (χ0v) is 15.1. The van der Waals surface area contributed by atoms with Crippen LogP contribution >= 0.6 is 11.3 Å². The Morgan fingerprint density at radius 1 is 1.20 bits per heavy atom. The van der Waals surface area contributed by atoms with Gasteiger partial charge in [0.15, 0.2) is 0 Å². The van der Waals surface area contributed by atoms with Gasteiger partial charge in [-0.25, -0.2) is 9.97 Å². The fraction of sp³-hybridized carbons (Fsp3) is 0.400. The van der Waals surface area contributed by atoms with Gasteiger partial charge in [0, 0.05) is 30.0 Å². The number of benzene rings is 1. The molecule has 1 unspecified atom stereocenters. The first-order valence-electron chi connectivity index (χ1n) is 8.93. The average molecular weight is 351 g/mol. The number of aliphatic hydroxyl groups is 1. The van der Waals surface area contributed by atoms with Gasteiger partial charge in [-0.3, -0.25) is 0 Å². The van der Waals surface area contributed by atoms with Crippen molar-refractivity contribution in [2.45, 2.75) is 37.7 Å². The summed E-state index contributed by atoms with van der Waals surface area (Å²) in [7, 11) is 0. The zero-order valence-electron chi connectivity index (χ0n) is 14.3. The quantitative estimate of drug-likeness (QED) is 0.768. The van der Waals surface area contributed by atoms with Crippen molar-refractivity contribution >= 4 is 27.4 Å². The van der Waals surface area contributed by atoms with Gasteiger partial charge in [0.25, 0.3) is 0 Å². The Hall–Kier alpha value is -1.98. The second-order valence-electron chi connectivity index (χ2n) is 7.54. The second kappa shape index (κ2) is 5.51. The van der Waals surface area contributed by atoms with E-state index in [-0.39, 0.29) is 0 Å². The summed E-state index contributed by atoms with van der Waals surface area (Å²) in [5, 5.41) is 13.8. The standard InChI is InChI=1S/C20H21N3OS/c1-20(24)9-10-23(12-20)18-16-15(13-5-3-2-4-6-13)11-25-19(16)22-17(21-18)14-7-8-14/h2-6,11,14,24H,7-10,12H2,1H3. The first-order chi connectivity index (χ1) is 12.1. The third-order valence-electron chi connectivity index (χ3n) is 5.21. The smallest absolute Gasteiger partial charge is 0.141 e. The maximum Gasteiger partial charge on any atom is 0.141 e. The number of aromatic nitrogens is 2. The summed E-state index contributed by atoms with van der Waals surface area (Å²) < 4.78 is 0. The summed E-state index contributed by atoms with van der Waals surface area (Å²) in [6.07, 6.45) is 3.17. The minimum Gasteiger partial charge on any atom is -0.388 e. The van der Waals surface area contributed by atoms with Crippen LogP contribution in [0.3, 0.4) is 0 Å². The van der Waals surface area contributed by atoms with Crippen molar-refractivity contribution < 1.29 is 5.11 Å². The summed E-state index contributed by atoms with van der Waals surface area (Å²) >= 11 is 1.70. The van der Waals surface area contributed by atoms with Crippen molar-refractivity contribution in [2.75, 3.05) is 18.0 Å². The molecule has 1 saturated carbocycles. The van der Waals surface area contributed by atoms with Gasteiger partial charge >= 0.3 is 0 Å². The Labute approximate surface area is 151 Å². The summed E-state index contributed by atoms with van der Waals surface area (Å²) in [6, 6.07) is 10.5.